The van der Waals surface area contributed by atoms with Crippen LogP contribution in [-0.2, 0) is 6.54 Å². The highest BCUT2D eigenvalue weighted by Gasteiger charge is 2.05. The van der Waals surface area contributed by atoms with E-state index in [9.17, 15) is 4.39 Å². The summed E-state index contributed by atoms with van der Waals surface area (Å²) >= 11 is 5.72. The van der Waals surface area contributed by atoms with Crippen LogP contribution in [0.4, 0.5) is 10.1 Å². The summed E-state index contributed by atoms with van der Waals surface area (Å²) in [5, 5.41) is 3.57. The number of anilines is 1. The van der Waals surface area contributed by atoms with Gasteiger partial charge in [0.2, 0.25) is 0 Å². The Morgan fingerprint density at radius 3 is 2.74 bits per heavy atom. The molecule has 0 atom stereocenters. The van der Waals surface area contributed by atoms with Crippen molar-refractivity contribution in [3.05, 3.63) is 58.9 Å². The van der Waals surface area contributed by atoms with Gasteiger partial charge in [-0.25, -0.2) is 4.39 Å². The quantitative estimate of drug-likeness (QED) is 0.871. The van der Waals surface area contributed by atoms with Crippen LogP contribution < -0.4 is 10.1 Å². The second-order valence-electron chi connectivity index (χ2n) is 4.02. The molecule has 0 radical (unpaired) electrons. The fourth-order valence-corrected chi connectivity index (χ4v) is 1.91. The van der Waals surface area contributed by atoms with Crippen molar-refractivity contribution >= 4 is 17.3 Å². The van der Waals surface area contributed by atoms with Gasteiger partial charge < -0.3 is 10.1 Å². The van der Waals surface area contributed by atoms with Crippen LogP contribution in [0.25, 0.3) is 0 Å². The van der Waals surface area contributed by atoms with Crippen molar-refractivity contribution in [3.63, 3.8) is 0 Å². The van der Waals surface area contributed by atoms with E-state index < -0.39 is 0 Å². The summed E-state index contributed by atoms with van der Waals surface area (Å²) in [4.78, 5) is 0. The number of benzene rings is 2. The summed E-state index contributed by atoms with van der Waals surface area (Å²) in [6.45, 7) is 2.90. The molecule has 2 nitrogen and oxygen atoms in total. The van der Waals surface area contributed by atoms with Gasteiger partial charge in [-0.2, -0.15) is 0 Å². The molecule has 0 spiro atoms. The SMILES string of the molecule is CCOc1ccccc1NCc1ccc(Cl)cc1F. The van der Waals surface area contributed by atoms with E-state index >= 15 is 0 Å². The van der Waals surface area contributed by atoms with Crippen molar-refractivity contribution in [2.24, 2.45) is 0 Å². The number of hydrogen-bond donors (Lipinski definition) is 1. The molecule has 19 heavy (non-hydrogen) atoms. The largest absolute Gasteiger partial charge is 0.492 e. The third-order valence-electron chi connectivity index (χ3n) is 2.67. The second-order valence-corrected chi connectivity index (χ2v) is 4.45. The molecule has 2 aromatic carbocycles. The van der Waals surface area contributed by atoms with Crippen molar-refractivity contribution in [1.82, 2.24) is 0 Å². The van der Waals surface area contributed by atoms with Gasteiger partial charge in [-0.3, -0.25) is 0 Å². The number of hydrogen-bond acceptors (Lipinski definition) is 2. The summed E-state index contributed by atoms with van der Waals surface area (Å²) < 4.78 is 19.1. The van der Waals surface area contributed by atoms with Gasteiger partial charge in [0.05, 0.1) is 12.3 Å². The first-order valence-corrected chi connectivity index (χ1v) is 6.48. The molecule has 2 rings (SSSR count). The molecule has 0 saturated carbocycles. The van der Waals surface area contributed by atoms with Gasteiger partial charge in [0.15, 0.2) is 0 Å². The number of para-hydroxylation sites is 2. The Hall–Kier alpha value is -1.74. The average molecular weight is 280 g/mol. The minimum absolute atomic E-state index is 0.311. The standard InChI is InChI=1S/C15H15ClFNO/c1-2-19-15-6-4-3-5-14(15)18-10-11-7-8-12(16)9-13(11)17/h3-9,18H,2,10H2,1H3. The lowest BCUT2D eigenvalue weighted by atomic mass is 10.2. The summed E-state index contributed by atoms with van der Waals surface area (Å²) in [6.07, 6.45) is 0. The molecule has 0 bridgehead atoms. The Morgan fingerprint density at radius 1 is 1.21 bits per heavy atom. The molecule has 0 aliphatic heterocycles. The summed E-state index contributed by atoms with van der Waals surface area (Å²) in [7, 11) is 0. The van der Waals surface area contributed by atoms with Crippen LogP contribution in [0.1, 0.15) is 12.5 Å². The minimum atomic E-state index is -0.311. The molecular formula is C15H15ClFNO. The molecule has 4 heteroatoms. The predicted octanol–water partition coefficient (Wildman–Crippen LogP) is 4.49. The van der Waals surface area contributed by atoms with E-state index in [0.29, 0.717) is 23.7 Å². The number of nitrogens with one attached hydrogen (secondary N) is 1. The lowest BCUT2D eigenvalue weighted by Gasteiger charge is -2.12. The Morgan fingerprint density at radius 2 is 2.00 bits per heavy atom. The molecule has 100 valence electrons. The Bertz CT molecular complexity index is 560. The predicted molar refractivity (Wildman–Crippen MR) is 76.3 cm³/mol. The third-order valence-corrected chi connectivity index (χ3v) is 2.91. The lowest BCUT2D eigenvalue weighted by Crippen LogP contribution is -2.04. The molecule has 2 aromatic rings. The van der Waals surface area contributed by atoms with Gasteiger partial charge in [-0.15, -0.1) is 0 Å². The number of rotatable bonds is 5. The summed E-state index contributed by atoms with van der Waals surface area (Å²) in [5.41, 5.74) is 1.41. The van der Waals surface area contributed by atoms with Crippen molar-refractivity contribution in [2.75, 3.05) is 11.9 Å². The Kier molecular flexibility index (Phi) is 4.63. The number of halogens is 2. The zero-order valence-corrected chi connectivity index (χ0v) is 11.4. The van der Waals surface area contributed by atoms with Gasteiger partial charge in [0.1, 0.15) is 11.6 Å². The van der Waals surface area contributed by atoms with Gasteiger partial charge in [-0.05, 0) is 31.2 Å². The van der Waals surface area contributed by atoms with Crippen LogP contribution in [0.3, 0.4) is 0 Å². The molecule has 0 aromatic heterocycles. The van der Waals surface area contributed by atoms with Crippen LogP contribution >= 0.6 is 11.6 Å². The fourth-order valence-electron chi connectivity index (χ4n) is 1.75. The van der Waals surface area contributed by atoms with Crippen molar-refractivity contribution in [1.29, 1.82) is 0 Å². The van der Waals surface area contributed by atoms with Gasteiger partial charge in [0, 0.05) is 17.1 Å². The first-order valence-electron chi connectivity index (χ1n) is 6.10. The van der Waals surface area contributed by atoms with Crippen LogP contribution in [0.5, 0.6) is 5.75 Å². The van der Waals surface area contributed by atoms with Gasteiger partial charge in [-0.1, -0.05) is 29.8 Å². The van der Waals surface area contributed by atoms with E-state index in [2.05, 4.69) is 5.32 Å². The van der Waals surface area contributed by atoms with Crippen LogP contribution in [-0.4, -0.2) is 6.61 Å². The molecule has 1 N–H and O–H groups in total. The molecule has 0 heterocycles. The fraction of sp³-hybridized carbons (Fsp3) is 0.200. The molecule has 0 unspecified atom stereocenters. The zero-order valence-electron chi connectivity index (χ0n) is 10.6. The Labute approximate surface area is 117 Å². The molecule has 0 amide bonds. The molecule has 0 fully saturated rings. The summed E-state index contributed by atoms with van der Waals surface area (Å²) in [6, 6.07) is 12.3. The monoisotopic (exact) mass is 279 g/mol. The number of ether oxygens (including phenoxy) is 1. The second kappa shape index (κ2) is 6.43. The maximum absolute atomic E-state index is 13.6. The zero-order chi connectivity index (χ0) is 13.7. The van der Waals surface area contributed by atoms with Crippen molar-refractivity contribution < 1.29 is 9.13 Å². The van der Waals surface area contributed by atoms with Crippen molar-refractivity contribution in [3.8, 4) is 5.75 Å². The van der Waals surface area contributed by atoms with Gasteiger partial charge in [0.25, 0.3) is 0 Å². The minimum Gasteiger partial charge on any atom is -0.492 e. The smallest absolute Gasteiger partial charge is 0.142 e. The topological polar surface area (TPSA) is 21.3 Å². The normalized spacial score (nSPS) is 10.3. The first kappa shape index (κ1) is 13.7. The van der Waals surface area contributed by atoms with E-state index in [4.69, 9.17) is 16.3 Å². The highest BCUT2D eigenvalue weighted by Crippen LogP contribution is 2.25. The third kappa shape index (κ3) is 3.61. The van der Waals surface area contributed by atoms with E-state index in [1.807, 2.05) is 31.2 Å². The average Bonchev–Trinajstić information content (AvgIpc) is 2.40. The van der Waals surface area contributed by atoms with Crippen molar-refractivity contribution in [2.45, 2.75) is 13.5 Å². The summed E-state index contributed by atoms with van der Waals surface area (Å²) in [5.74, 6) is 0.452. The van der Waals surface area contributed by atoms with E-state index in [0.717, 1.165) is 11.4 Å². The van der Waals surface area contributed by atoms with E-state index in [1.54, 1.807) is 12.1 Å². The van der Waals surface area contributed by atoms with Crippen LogP contribution in [0.2, 0.25) is 5.02 Å². The highest BCUT2D eigenvalue weighted by atomic mass is 35.5. The lowest BCUT2D eigenvalue weighted by molar-refractivity contribution is 0.341. The maximum atomic E-state index is 13.6. The highest BCUT2D eigenvalue weighted by molar-refractivity contribution is 6.30. The van der Waals surface area contributed by atoms with Gasteiger partial charge >= 0.3 is 0 Å². The van der Waals surface area contributed by atoms with E-state index in [1.165, 1.54) is 6.07 Å². The Balaban J connectivity index is 2.10. The molecule has 0 saturated heterocycles. The molecule has 0 aliphatic rings. The van der Waals surface area contributed by atoms with Crippen LogP contribution in [0, 0.1) is 5.82 Å². The maximum Gasteiger partial charge on any atom is 0.142 e. The first-order chi connectivity index (χ1) is 9.20. The van der Waals surface area contributed by atoms with Crippen LogP contribution in [0.15, 0.2) is 42.5 Å². The molecular weight excluding hydrogens is 265 g/mol. The van der Waals surface area contributed by atoms with E-state index in [-0.39, 0.29) is 5.82 Å². The molecule has 0 aliphatic carbocycles.